The highest BCUT2D eigenvalue weighted by atomic mass is 32.2. The van der Waals surface area contributed by atoms with Crippen molar-refractivity contribution in [2.24, 2.45) is 5.73 Å². The Labute approximate surface area is 297 Å². The van der Waals surface area contributed by atoms with Gasteiger partial charge in [-0.1, -0.05) is 42.5 Å². The lowest BCUT2D eigenvalue weighted by atomic mass is 9.86. The summed E-state index contributed by atoms with van der Waals surface area (Å²) in [5.74, 6) is -2.76. The van der Waals surface area contributed by atoms with Crippen LogP contribution in [0.25, 0.3) is 11.1 Å². The SMILES string of the molecule is COC(=O)[C@@]1(OCCCSCCN)C[C@H](NC(=O)OC(C)(C)C)[C@@H](NC(C)=O)[C@H]([C@H](O)[C@H](O)CNC(=O)c2ccc(-c3ccccc3)cc2)O1. The first kappa shape index (κ1) is 40.7. The Morgan fingerprint density at radius 2 is 1.68 bits per heavy atom. The van der Waals surface area contributed by atoms with Crippen molar-refractivity contribution < 1.29 is 48.3 Å². The summed E-state index contributed by atoms with van der Waals surface area (Å²) in [5, 5.41) is 30.6. The molecule has 0 aromatic heterocycles. The largest absolute Gasteiger partial charge is 0.465 e. The number of nitrogens with one attached hydrogen (secondary N) is 3. The minimum atomic E-state index is -2.16. The highest BCUT2D eigenvalue weighted by Gasteiger charge is 2.57. The number of ether oxygens (including phenoxy) is 4. The predicted octanol–water partition coefficient (Wildman–Crippen LogP) is 1.96. The Kier molecular flexibility index (Phi) is 15.5. The molecular formula is C35H50N4O10S. The first-order chi connectivity index (χ1) is 23.7. The Bertz CT molecular complexity index is 1410. The van der Waals surface area contributed by atoms with Gasteiger partial charge in [0.15, 0.2) is 0 Å². The lowest BCUT2D eigenvalue weighted by Crippen LogP contribution is -2.71. The number of esters is 1. The van der Waals surface area contributed by atoms with E-state index in [1.807, 2.05) is 30.3 Å². The van der Waals surface area contributed by atoms with E-state index >= 15 is 0 Å². The average Bonchev–Trinajstić information content (AvgIpc) is 3.08. The molecule has 15 heteroatoms. The summed E-state index contributed by atoms with van der Waals surface area (Å²) in [6.07, 6.45) is -5.73. The van der Waals surface area contributed by atoms with Crippen LogP contribution in [0.4, 0.5) is 4.79 Å². The number of hydrogen-bond acceptors (Lipinski definition) is 12. The lowest BCUT2D eigenvalue weighted by Gasteiger charge is -2.48. The van der Waals surface area contributed by atoms with Crippen LogP contribution in [0.2, 0.25) is 0 Å². The zero-order valence-electron chi connectivity index (χ0n) is 29.2. The number of amides is 3. The summed E-state index contributed by atoms with van der Waals surface area (Å²) in [4.78, 5) is 51.7. The maximum absolute atomic E-state index is 13.3. The van der Waals surface area contributed by atoms with Crippen LogP contribution in [0.5, 0.6) is 0 Å². The number of methoxy groups -OCH3 is 1. The molecule has 0 spiro atoms. The molecule has 14 nitrogen and oxygen atoms in total. The molecule has 0 bridgehead atoms. The fraction of sp³-hybridized carbons (Fsp3) is 0.543. The van der Waals surface area contributed by atoms with Gasteiger partial charge in [0.25, 0.3) is 11.7 Å². The molecular weight excluding hydrogens is 668 g/mol. The van der Waals surface area contributed by atoms with E-state index in [4.69, 9.17) is 24.7 Å². The predicted molar refractivity (Wildman–Crippen MR) is 188 cm³/mol. The van der Waals surface area contributed by atoms with Crippen molar-refractivity contribution in [1.29, 1.82) is 0 Å². The molecule has 6 atom stereocenters. The zero-order chi connectivity index (χ0) is 36.9. The number of aliphatic hydroxyl groups excluding tert-OH is 2. The Hall–Kier alpha value is -3.73. The third-order valence-corrected chi connectivity index (χ3v) is 8.76. The van der Waals surface area contributed by atoms with Gasteiger partial charge in [-0.25, -0.2) is 9.59 Å². The van der Waals surface area contributed by atoms with E-state index in [1.165, 1.54) is 6.92 Å². The minimum absolute atomic E-state index is 0.0289. The smallest absolute Gasteiger partial charge is 0.407 e. The van der Waals surface area contributed by atoms with Crippen molar-refractivity contribution >= 4 is 35.6 Å². The second-order valence-electron chi connectivity index (χ2n) is 12.8. The molecule has 1 fully saturated rings. The van der Waals surface area contributed by atoms with Gasteiger partial charge in [0.1, 0.15) is 17.8 Å². The van der Waals surface area contributed by atoms with Crippen LogP contribution < -0.4 is 21.7 Å². The standard InChI is InChI=1S/C35H50N4O10S/c1-22(40)38-28-26(39-33(45)49-34(2,3)4)20-35(32(44)46-5,47-17-9-18-50-19-16-36)48-30(28)29(42)27(41)21-37-31(43)25-14-12-24(13-15-25)23-10-7-6-8-11-23/h6-8,10-15,26-30,41-42H,9,16-21,36H2,1-5H3,(H,37,43)(H,38,40)(H,39,45)/t26-,27+,28+,29+,30+,35+/m0/s1. The highest BCUT2D eigenvalue weighted by Crippen LogP contribution is 2.35. The molecule has 2 aromatic rings. The van der Waals surface area contributed by atoms with Crippen LogP contribution in [0.1, 0.15) is 50.9 Å². The molecule has 0 saturated carbocycles. The first-order valence-corrected chi connectivity index (χ1v) is 17.6. The number of nitrogens with two attached hydrogens (primary N) is 1. The van der Waals surface area contributed by atoms with Crippen LogP contribution in [0, 0.1) is 0 Å². The number of alkyl carbamates (subject to hydrolysis) is 1. The van der Waals surface area contributed by atoms with E-state index in [9.17, 15) is 29.4 Å². The second kappa shape index (κ2) is 19.0. The van der Waals surface area contributed by atoms with E-state index < -0.39 is 72.2 Å². The average molecular weight is 719 g/mol. The molecule has 3 amide bonds. The molecule has 3 rings (SSSR count). The fourth-order valence-electron chi connectivity index (χ4n) is 5.39. The summed E-state index contributed by atoms with van der Waals surface area (Å²) in [6.45, 7) is 6.34. The maximum atomic E-state index is 13.3. The fourth-order valence-corrected chi connectivity index (χ4v) is 6.08. The second-order valence-corrected chi connectivity index (χ2v) is 14.0. The van der Waals surface area contributed by atoms with Gasteiger partial charge in [0, 0.05) is 37.8 Å². The molecule has 1 aliphatic heterocycles. The summed E-state index contributed by atoms with van der Waals surface area (Å²) in [6, 6.07) is 14.2. The van der Waals surface area contributed by atoms with Crippen molar-refractivity contribution in [3.05, 3.63) is 60.2 Å². The number of rotatable bonds is 16. The third-order valence-electron chi connectivity index (χ3n) is 7.66. The van der Waals surface area contributed by atoms with E-state index in [2.05, 4.69) is 16.0 Å². The van der Waals surface area contributed by atoms with Crippen LogP contribution in [0.15, 0.2) is 54.6 Å². The van der Waals surface area contributed by atoms with Crippen molar-refractivity contribution in [3.63, 3.8) is 0 Å². The molecule has 1 saturated heterocycles. The van der Waals surface area contributed by atoms with E-state index in [0.29, 0.717) is 24.3 Å². The number of thioether (sulfide) groups is 1. The molecule has 1 aliphatic rings. The highest BCUT2D eigenvalue weighted by molar-refractivity contribution is 7.99. The zero-order valence-corrected chi connectivity index (χ0v) is 30.0. The third kappa shape index (κ3) is 12.0. The topological polar surface area (TPSA) is 208 Å². The molecule has 1 heterocycles. The molecule has 0 radical (unpaired) electrons. The van der Waals surface area contributed by atoms with Crippen molar-refractivity contribution in [3.8, 4) is 11.1 Å². The van der Waals surface area contributed by atoms with E-state index in [1.54, 1.807) is 56.8 Å². The summed E-state index contributed by atoms with van der Waals surface area (Å²) in [7, 11) is 1.13. The Morgan fingerprint density at radius 3 is 2.28 bits per heavy atom. The van der Waals surface area contributed by atoms with Crippen LogP contribution >= 0.6 is 11.8 Å². The number of carbonyl (C=O) groups excluding carboxylic acids is 4. The normalized spacial score (nSPS) is 21.7. The molecule has 276 valence electrons. The van der Waals surface area contributed by atoms with Crippen molar-refractivity contribution in [2.75, 3.05) is 38.3 Å². The van der Waals surface area contributed by atoms with Gasteiger partial charge in [-0.15, -0.1) is 0 Å². The number of benzene rings is 2. The van der Waals surface area contributed by atoms with Gasteiger partial charge in [-0.05, 0) is 56.2 Å². The van der Waals surface area contributed by atoms with Crippen LogP contribution in [-0.2, 0) is 28.5 Å². The van der Waals surface area contributed by atoms with Gasteiger partial charge in [-0.3, -0.25) is 9.59 Å². The Balaban J connectivity index is 1.85. The number of hydrogen-bond donors (Lipinski definition) is 6. The van der Waals surface area contributed by atoms with E-state index in [0.717, 1.165) is 24.0 Å². The van der Waals surface area contributed by atoms with Crippen LogP contribution in [-0.4, -0.2) is 114 Å². The van der Waals surface area contributed by atoms with E-state index in [-0.39, 0.29) is 13.0 Å². The van der Waals surface area contributed by atoms with Crippen molar-refractivity contribution in [2.45, 2.75) is 82.3 Å². The number of carbonyl (C=O) groups is 4. The molecule has 0 aliphatic carbocycles. The number of aliphatic hydroxyl groups is 2. The summed E-state index contributed by atoms with van der Waals surface area (Å²) < 4.78 is 22.7. The lowest BCUT2D eigenvalue weighted by molar-refractivity contribution is -0.301. The monoisotopic (exact) mass is 718 g/mol. The Morgan fingerprint density at radius 1 is 1.02 bits per heavy atom. The van der Waals surface area contributed by atoms with Crippen molar-refractivity contribution in [1.82, 2.24) is 16.0 Å². The summed E-state index contributed by atoms with van der Waals surface area (Å²) in [5.41, 5.74) is 6.90. The van der Waals surface area contributed by atoms with Gasteiger partial charge >= 0.3 is 12.1 Å². The molecule has 2 aromatic carbocycles. The van der Waals surface area contributed by atoms with Gasteiger partial charge < -0.3 is 50.8 Å². The van der Waals surface area contributed by atoms with Gasteiger partial charge in [0.05, 0.1) is 31.9 Å². The maximum Gasteiger partial charge on any atom is 0.407 e. The summed E-state index contributed by atoms with van der Waals surface area (Å²) >= 11 is 1.60. The quantitative estimate of drug-likeness (QED) is 0.109. The molecule has 0 unspecified atom stereocenters. The van der Waals surface area contributed by atoms with Gasteiger partial charge in [-0.2, -0.15) is 11.8 Å². The molecule has 7 N–H and O–H groups in total. The van der Waals surface area contributed by atoms with Gasteiger partial charge in [0.2, 0.25) is 5.91 Å². The minimum Gasteiger partial charge on any atom is -0.465 e. The molecule has 50 heavy (non-hydrogen) atoms. The first-order valence-electron chi connectivity index (χ1n) is 16.4. The van der Waals surface area contributed by atoms with Crippen LogP contribution in [0.3, 0.4) is 0 Å².